The highest BCUT2D eigenvalue weighted by Gasteiger charge is 2.08. The van der Waals surface area contributed by atoms with E-state index in [9.17, 15) is 4.79 Å². The Bertz CT molecular complexity index is 200. The van der Waals surface area contributed by atoms with E-state index in [0.717, 1.165) is 45.7 Å². The summed E-state index contributed by atoms with van der Waals surface area (Å²) in [4.78, 5) is 13.8. The van der Waals surface area contributed by atoms with Crippen LogP contribution in [0.1, 0.15) is 26.7 Å². The van der Waals surface area contributed by atoms with Gasteiger partial charge in [0.25, 0.3) is 0 Å². The van der Waals surface area contributed by atoms with Gasteiger partial charge in [-0.15, -0.1) is 0 Å². The molecule has 0 aromatic carbocycles. The van der Waals surface area contributed by atoms with Gasteiger partial charge in [0.05, 0.1) is 0 Å². The molecule has 94 valence electrons. The predicted octanol–water partition coefficient (Wildman–Crippen LogP) is 0.444. The van der Waals surface area contributed by atoms with Gasteiger partial charge < -0.3 is 15.5 Å². The first-order valence-corrected chi connectivity index (χ1v) is 6.38. The molecule has 0 atom stereocenters. The molecule has 1 amide bonds. The molecule has 0 saturated carbocycles. The van der Waals surface area contributed by atoms with E-state index in [0.29, 0.717) is 12.3 Å². The lowest BCUT2D eigenvalue weighted by Gasteiger charge is -2.27. The quantitative estimate of drug-likeness (QED) is 0.647. The van der Waals surface area contributed by atoms with Crippen LogP contribution < -0.4 is 10.6 Å². The van der Waals surface area contributed by atoms with Gasteiger partial charge in [0, 0.05) is 39.1 Å². The summed E-state index contributed by atoms with van der Waals surface area (Å²) >= 11 is 0. The van der Waals surface area contributed by atoms with Crippen molar-refractivity contribution in [3.63, 3.8) is 0 Å². The van der Waals surface area contributed by atoms with E-state index < -0.39 is 0 Å². The maximum absolute atomic E-state index is 11.4. The van der Waals surface area contributed by atoms with E-state index in [1.54, 1.807) is 0 Å². The molecule has 2 N–H and O–H groups in total. The molecule has 1 fully saturated rings. The number of piperazine rings is 1. The molecule has 0 spiro atoms. The lowest BCUT2D eigenvalue weighted by Crippen LogP contribution is -2.44. The van der Waals surface area contributed by atoms with E-state index in [2.05, 4.69) is 29.4 Å². The lowest BCUT2D eigenvalue weighted by molar-refractivity contribution is -0.121. The van der Waals surface area contributed by atoms with Crippen molar-refractivity contribution in [3.8, 4) is 0 Å². The van der Waals surface area contributed by atoms with E-state index in [4.69, 9.17) is 0 Å². The van der Waals surface area contributed by atoms with Gasteiger partial charge in [-0.2, -0.15) is 0 Å². The van der Waals surface area contributed by atoms with Crippen LogP contribution >= 0.6 is 0 Å². The molecule has 0 aliphatic carbocycles. The third kappa shape index (κ3) is 6.08. The first-order chi connectivity index (χ1) is 7.68. The fourth-order valence-electron chi connectivity index (χ4n) is 1.91. The zero-order valence-corrected chi connectivity index (χ0v) is 10.6. The van der Waals surface area contributed by atoms with Crippen molar-refractivity contribution in [1.82, 2.24) is 15.5 Å². The molecule has 1 rings (SSSR count). The van der Waals surface area contributed by atoms with Crippen LogP contribution in [0.4, 0.5) is 0 Å². The molecule has 1 aliphatic rings. The smallest absolute Gasteiger partial charge is 0.220 e. The van der Waals surface area contributed by atoms with Gasteiger partial charge in [-0.3, -0.25) is 4.79 Å². The van der Waals surface area contributed by atoms with Crippen molar-refractivity contribution in [2.75, 3.05) is 39.3 Å². The zero-order valence-electron chi connectivity index (χ0n) is 10.6. The molecule has 0 unspecified atom stereocenters. The molecule has 1 aliphatic heterocycles. The third-order valence-corrected chi connectivity index (χ3v) is 2.78. The van der Waals surface area contributed by atoms with Gasteiger partial charge in [0.15, 0.2) is 0 Å². The van der Waals surface area contributed by atoms with Crippen LogP contribution in [0.2, 0.25) is 0 Å². The second-order valence-electron chi connectivity index (χ2n) is 4.89. The molecule has 0 aromatic rings. The molecule has 0 radical (unpaired) electrons. The van der Waals surface area contributed by atoms with Crippen LogP contribution in [-0.4, -0.2) is 50.1 Å². The maximum atomic E-state index is 11.4. The number of nitrogens with zero attached hydrogens (tertiary/aromatic N) is 1. The Morgan fingerprint density at radius 3 is 2.69 bits per heavy atom. The van der Waals surface area contributed by atoms with E-state index in [1.165, 1.54) is 0 Å². The standard InChI is InChI=1S/C12H25N3O/c1-11(2)10-12(16)14-4-3-7-15-8-5-13-6-9-15/h11,13H,3-10H2,1-2H3,(H,14,16). The fraction of sp³-hybridized carbons (Fsp3) is 0.917. The van der Waals surface area contributed by atoms with Crippen molar-refractivity contribution in [1.29, 1.82) is 0 Å². The van der Waals surface area contributed by atoms with Crippen LogP contribution in [-0.2, 0) is 4.79 Å². The Morgan fingerprint density at radius 1 is 1.38 bits per heavy atom. The van der Waals surface area contributed by atoms with Crippen LogP contribution in [0.15, 0.2) is 0 Å². The molecular weight excluding hydrogens is 202 g/mol. The number of hydrogen-bond acceptors (Lipinski definition) is 3. The molecule has 4 heteroatoms. The Labute approximate surface area is 98.8 Å². The number of hydrogen-bond donors (Lipinski definition) is 2. The number of rotatable bonds is 6. The minimum Gasteiger partial charge on any atom is -0.356 e. The highest BCUT2D eigenvalue weighted by molar-refractivity contribution is 5.75. The van der Waals surface area contributed by atoms with E-state index in [-0.39, 0.29) is 5.91 Å². The van der Waals surface area contributed by atoms with Gasteiger partial charge in [-0.25, -0.2) is 0 Å². The normalized spacial score (nSPS) is 17.7. The SMILES string of the molecule is CC(C)CC(=O)NCCCN1CCNCC1. The first-order valence-electron chi connectivity index (χ1n) is 6.38. The summed E-state index contributed by atoms with van der Waals surface area (Å²) in [5.41, 5.74) is 0. The second-order valence-corrected chi connectivity index (χ2v) is 4.89. The molecule has 16 heavy (non-hydrogen) atoms. The Kier molecular flexibility index (Phi) is 6.42. The third-order valence-electron chi connectivity index (χ3n) is 2.78. The van der Waals surface area contributed by atoms with Gasteiger partial charge >= 0.3 is 0 Å². The number of amides is 1. The predicted molar refractivity (Wildman–Crippen MR) is 66.4 cm³/mol. The summed E-state index contributed by atoms with van der Waals surface area (Å²) in [5.74, 6) is 0.642. The Morgan fingerprint density at radius 2 is 2.06 bits per heavy atom. The topological polar surface area (TPSA) is 44.4 Å². The van der Waals surface area contributed by atoms with Crippen molar-refractivity contribution < 1.29 is 4.79 Å². The Balaban J connectivity index is 1.96. The largest absolute Gasteiger partial charge is 0.356 e. The summed E-state index contributed by atoms with van der Waals surface area (Å²) in [6.07, 6.45) is 1.71. The van der Waals surface area contributed by atoms with E-state index >= 15 is 0 Å². The van der Waals surface area contributed by atoms with Crippen molar-refractivity contribution >= 4 is 5.91 Å². The van der Waals surface area contributed by atoms with Crippen LogP contribution in [0.25, 0.3) is 0 Å². The maximum Gasteiger partial charge on any atom is 0.220 e. The van der Waals surface area contributed by atoms with Gasteiger partial charge in [-0.1, -0.05) is 13.8 Å². The molecular formula is C12H25N3O. The first kappa shape index (κ1) is 13.5. The Hall–Kier alpha value is -0.610. The molecule has 4 nitrogen and oxygen atoms in total. The summed E-state index contributed by atoms with van der Waals surface area (Å²) in [5, 5.41) is 6.31. The molecule has 1 saturated heterocycles. The highest BCUT2D eigenvalue weighted by Crippen LogP contribution is 1.98. The van der Waals surface area contributed by atoms with Crippen molar-refractivity contribution in [2.24, 2.45) is 5.92 Å². The van der Waals surface area contributed by atoms with Gasteiger partial charge in [0.2, 0.25) is 5.91 Å². The lowest BCUT2D eigenvalue weighted by atomic mass is 10.1. The van der Waals surface area contributed by atoms with Crippen molar-refractivity contribution in [2.45, 2.75) is 26.7 Å². The summed E-state index contributed by atoms with van der Waals surface area (Å²) in [7, 11) is 0. The number of carbonyl (C=O) groups excluding carboxylic acids is 1. The molecule has 0 aromatic heterocycles. The second kappa shape index (κ2) is 7.63. The molecule has 1 heterocycles. The minimum atomic E-state index is 0.190. The summed E-state index contributed by atoms with van der Waals surface area (Å²) in [6.45, 7) is 10.5. The van der Waals surface area contributed by atoms with E-state index in [1.807, 2.05) is 0 Å². The average Bonchev–Trinajstić information content (AvgIpc) is 2.25. The van der Waals surface area contributed by atoms with Gasteiger partial charge in [-0.05, 0) is 18.9 Å². The molecule has 0 bridgehead atoms. The zero-order chi connectivity index (χ0) is 11.8. The van der Waals surface area contributed by atoms with Crippen LogP contribution in [0.5, 0.6) is 0 Å². The monoisotopic (exact) mass is 227 g/mol. The van der Waals surface area contributed by atoms with Gasteiger partial charge in [0.1, 0.15) is 0 Å². The van der Waals surface area contributed by atoms with Crippen LogP contribution in [0, 0.1) is 5.92 Å². The summed E-state index contributed by atoms with van der Waals surface area (Å²) in [6, 6.07) is 0. The highest BCUT2D eigenvalue weighted by atomic mass is 16.1. The summed E-state index contributed by atoms with van der Waals surface area (Å²) < 4.78 is 0. The minimum absolute atomic E-state index is 0.190. The fourth-order valence-corrected chi connectivity index (χ4v) is 1.91. The van der Waals surface area contributed by atoms with Crippen LogP contribution in [0.3, 0.4) is 0 Å². The van der Waals surface area contributed by atoms with Crippen molar-refractivity contribution in [3.05, 3.63) is 0 Å². The average molecular weight is 227 g/mol. The number of nitrogens with one attached hydrogen (secondary N) is 2. The number of carbonyl (C=O) groups is 1.